The van der Waals surface area contributed by atoms with E-state index < -0.39 is 6.10 Å². The summed E-state index contributed by atoms with van der Waals surface area (Å²) in [5.41, 5.74) is 0.350. The topological polar surface area (TPSA) is 79.8 Å². The number of hydrogen-bond acceptors (Lipinski definition) is 5. The number of aliphatic hydroxyl groups excluding tert-OH is 1. The molecule has 1 amide bonds. The maximum Gasteiger partial charge on any atom is 0.255 e. The van der Waals surface area contributed by atoms with Crippen molar-refractivity contribution in [1.29, 1.82) is 0 Å². The zero-order chi connectivity index (χ0) is 17.1. The van der Waals surface area contributed by atoms with Crippen LogP contribution in [-0.2, 0) is 0 Å². The minimum Gasteiger partial charge on any atom is -0.489 e. The summed E-state index contributed by atoms with van der Waals surface area (Å²) in [7, 11) is 0. The first-order chi connectivity index (χ1) is 11.6. The van der Waals surface area contributed by atoms with E-state index in [1.165, 1.54) is 0 Å². The number of piperidine rings is 1. The minimum absolute atomic E-state index is 0.0388. The lowest BCUT2D eigenvalue weighted by Crippen LogP contribution is -2.45. The average Bonchev–Trinajstić information content (AvgIpc) is 2.83. The molecule has 2 atom stereocenters. The number of nitrogens with one attached hydrogen (secondary N) is 2. The van der Waals surface area contributed by atoms with Crippen LogP contribution < -0.4 is 20.1 Å². The van der Waals surface area contributed by atoms with E-state index in [1.807, 2.05) is 0 Å². The second-order valence-corrected chi connectivity index (χ2v) is 7.16. The van der Waals surface area contributed by atoms with Gasteiger partial charge in [-0.15, -0.1) is 0 Å². The Morgan fingerprint density at radius 1 is 1.42 bits per heavy atom. The van der Waals surface area contributed by atoms with Gasteiger partial charge in [-0.1, -0.05) is 11.6 Å². The molecule has 1 unspecified atom stereocenters. The van der Waals surface area contributed by atoms with Gasteiger partial charge in [0.2, 0.25) is 0 Å². The Morgan fingerprint density at radius 3 is 2.92 bits per heavy atom. The number of rotatable bonds is 3. The van der Waals surface area contributed by atoms with Gasteiger partial charge in [0, 0.05) is 25.4 Å². The van der Waals surface area contributed by atoms with Crippen molar-refractivity contribution in [3.05, 3.63) is 21.1 Å². The second kappa shape index (κ2) is 7.91. The van der Waals surface area contributed by atoms with E-state index in [2.05, 4.69) is 26.6 Å². The molecule has 1 aromatic carbocycles. The van der Waals surface area contributed by atoms with Gasteiger partial charge in [0.25, 0.3) is 5.91 Å². The molecule has 8 heteroatoms. The van der Waals surface area contributed by atoms with Gasteiger partial charge in [-0.05, 0) is 35.0 Å². The Morgan fingerprint density at radius 2 is 2.17 bits per heavy atom. The minimum atomic E-state index is -0.454. The van der Waals surface area contributed by atoms with Gasteiger partial charge in [0.1, 0.15) is 0 Å². The summed E-state index contributed by atoms with van der Waals surface area (Å²) in [5, 5.41) is 16.4. The monoisotopic (exact) mass is 418 g/mol. The number of benzene rings is 1. The summed E-state index contributed by atoms with van der Waals surface area (Å²) >= 11 is 9.59. The van der Waals surface area contributed by atoms with Gasteiger partial charge in [0.15, 0.2) is 11.5 Å². The molecular weight excluding hydrogens is 400 g/mol. The highest BCUT2D eigenvalue weighted by atomic mass is 79.9. The lowest BCUT2D eigenvalue weighted by atomic mass is 9.95. The average molecular weight is 420 g/mol. The van der Waals surface area contributed by atoms with Crippen LogP contribution in [0, 0.1) is 5.92 Å². The standard InChI is InChI=1S/C16H20BrClN2O4/c17-13-11(18)6-10(14-15(13)24-5-1-4-23-14)16(22)20-7-9-2-3-19-8-12(9)21/h6,9,12,19,21H,1-5,7-8H2,(H,20,22)/t9-,12?/m0/s1. The Labute approximate surface area is 154 Å². The van der Waals surface area contributed by atoms with E-state index in [-0.39, 0.29) is 11.8 Å². The van der Waals surface area contributed by atoms with Crippen molar-refractivity contribution in [3.8, 4) is 11.5 Å². The number of hydrogen-bond donors (Lipinski definition) is 3. The van der Waals surface area contributed by atoms with Gasteiger partial charge in [0.05, 0.1) is 34.4 Å². The predicted octanol–water partition coefficient (Wildman–Crippen LogP) is 1.96. The summed E-state index contributed by atoms with van der Waals surface area (Å²) in [6, 6.07) is 1.58. The molecule has 6 nitrogen and oxygen atoms in total. The molecule has 3 rings (SSSR count). The fourth-order valence-corrected chi connectivity index (χ4v) is 3.49. The maximum atomic E-state index is 12.6. The number of fused-ring (bicyclic) bond motifs is 1. The van der Waals surface area contributed by atoms with Crippen molar-refractivity contribution in [1.82, 2.24) is 10.6 Å². The highest BCUT2D eigenvalue weighted by Gasteiger charge is 2.27. The van der Waals surface area contributed by atoms with Crippen molar-refractivity contribution in [2.75, 3.05) is 32.8 Å². The summed E-state index contributed by atoms with van der Waals surface area (Å²) in [6.45, 7) is 2.79. The number of β-amino-alcohol motifs (C(OH)–C–C–N with tert-alkyl or cyclic N) is 1. The molecule has 0 saturated carbocycles. The van der Waals surface area contributed by atoms with Crippen molar-refractivity contribution in [3.63, 3.8) is 0 Å². The van der Waals surface area contributed by atoms with Crippen LogP contribution >= 0.6 is 27.5 Å². The third kappa shape index (κ3) is 3.79. The first-order valence-corrected chi connectivity index (χ1v) is 9.19. The zero-order valence-corrected chi connectivity index (χ0v) is 15.5. The summed E-state index contributed by atoms with van der Waals surface area (Å²) in [6.07, 6.45) is 1.10. The van der Waals surface area contributed by atoms with E-state index in [9.17, 15) is 9.90 Å². The largest absolute Gasteiger partial charge is 0.489 e. The van der Waals surface area contributed by atoms with E-state index in [0.29, 0.717) is 52.9 Å². The molecule has 0 aliphatic carbocycles. The number of halogens is 2. The molecule has 0 radical (unpaired) electrons. The number of carbonyl (C=O) groups is 1. The molecule has 2 heterocycles. The predicted molar refractivity (Wildman–Crippen MR) is 94.1 cm³/mol. The van der Waals surface area contributed by atoms with Crippen LogP contribution in [0.4, 0.5) is 0 Å². The number of carbonyl (C=O) groups excluding carboxylic acids is 1. The van der Waals surface area contributed by atoms with Crippen LogP contribution in [-0.4, -0.2) is 50.0 Å². The van der Waals surface area contributed by atoms with Crippen LogP contribution in [0.1, 0.15) is 23.2 Å². The zero-order valence-electron chi connectivity index (χ0n) is 13.1. The lowest BCUT2D eigenvalue weighted by molar-refractivity contribution is 0.0752. The van der Waals surface area contributed by atoms with E-state index in [1.54, 1.807) is 6.07 Å². The first-order valence-electron chi connectivity index (χ1n) is 8.02. The normalized spacial score (nSPS) is 23.5. The molecule has 0 aromatic heterocycles. The molecule has 132 valence electrons. The van der Waals surface area contributed by atoms with Crippen LogP contribution in [0.25, 0.3) is 0 Å². The van der Waals surface area contributed by atoms with Crippen LogP contribution in [0.3, 0.4) is 0 Å². The van der Waals surface area contributed by atoms with Crippen LogP contribution in [0.15, 0.2) is 10.5 Å². The molecule has 2 aliphatic rings. The van der Waals surface area contributed by atoms with Crippen LogP contribution in [0.2, 0.25) is 5.02 Å². The highest BCUT2D eigenvalue weighted by molar-refractivity contribution is 9.10. The SMILES string of the molecule is O=C(NC[C@@H]1CCNCC1O)c1cc(Cl)c(Br)c2c1OCCCO2. The molecule has 1 fully saturated rings. The number of ether oxygens (including phenoxy) is 2. The van der Waals surface area contributed by atoms with Gasteiger partial charge < -0.3 is 25.2 Å². The third-order valence-electron chi connectivity index (χ3n) is 4.27. The van der Waals surface area contributed by atoms with Crippen molar-refractivity contribution >= 4 is 33.4 Å². The van der Waals surface area contributed by atoms with E-state index >= 15 is 0 Å². The molecule has 1 saturated heterocycles. The fourth-order valence-electron chi connectivity index (χ4n) is 2.89. The van der Waals surface area contributed by atoms with E-state index in [0.717, 1.165) is 19.4 Å². The van der Waals surface area contributed by atoms with Gasteiger partial charge in [-0.25, -0.2) is 0 Å². The molecular formula is C16H20BrClN2O4. The molecule has 3 N–H and O–H groups in total. The first kappa shape index (κ1) is 17.8. The number of aliphatic hydroxyl groups is 1. The third-order valence-corrected chi connectivity index (χ3v) is 5.59. The summed E-state index contributed by atoms with van der Waals surface area (Å²) in [5.74, 6) is 0.632. The molecule has 1 aromatic rings. The summed E-state index contributed by atoms with van der Waals surface area (Å²) < 4.78 is 12.0. The molecule has 0 bridgehead atoms. The lowest BCUT2D eigenvalue weighted by Gasteiger charge is -2.28. The van der Waals surface area contributed by atoms with Crippen molar-refractivity contribution in [2.45, 2.75) is 18.9 Å². The second-order valence-electron chi connectivity index (χ2n) is 5.96. The highest BCUT2D eigenvalue weighted by Crippen LogP contribution is 2.44. The van der Waals surface area contributed by atoms with Crippen molar-refractivity contribution < 1.29 is 19.4 Å². The summed E-state index contributed by atoms with van der Waals surface area (Å²) in [4.78, 5) is 12.6. The number of amides is 1. The quantitative estimate of drug-likeness (QED) is 0.698. The maximum absolute atomic E-state index is 12.6. The van der Waals surface area contributed by atoms with Crippen LogP contribution in [0.5, 0.6) is 11.5 Å². The Hall–Kier alpha value is -1.02. The van der Waals surface area contributed by atoms with Crippen molar-refractivity contribution in [2.24, 2.45) is 5.92 Å². The smallest absolute Gasteiger partial charge is 0.255 e. The van der Waals surface area contributed by atoms with Gasteiger partial charge in [-0.3, -0.25) is 4.79 Å². The van der Waals surface area contributed by atoms with E-state index in [4.69, 9.17) is 21.1 Å². The Kier molecular flexibility index (Phi) is 5.86. The molecule has 24 heavy (non-hydrogen) atoms. The molecule has 2 aliphatic heterocycles. The Bertz CT molecular complexity index is 629. The van der Waals surface area contributed by atoms with Gasteiger partial charge >= 0.3 is 0 Å². The fraction of sp³-hybridized carbons (Fsp3) is 0.562. The molecule has 0 spiro atoms. The van der Waals surface area contributed by atoms with Gasteiger partial charge in [-0.2, -0.15) is 0 Å². The Balaban J connectivity index is 1.78.